The van der Waals surface area contributed by atoms with Crippen LogP contribution in [0.3, 0.4) is 0 Å². The van der Waals surface area contributed by atoms with Crippen LogP contribution in [0, 0.1) is 24.4 Å². The third-order valence-corrected chi connectivity index (χ3v) is 8.40. The van der Waals surface area contributed by atoms with Crippen LogP contribution in [0.1, 0.15) is 51.7 Å². The van der Waals surface area contributed by atoms with Gasteiger partial charge >= 0.3 is 6.03 Å². The van der Waals surface area contributed by atoms with Gasteiger partial charge in [-0.05, 0) is 85.7 Å². The molecule has 2 aromatic heterocycles. The van der Waals surface area contributed by atoms with Crippen molar-refractivity contribution >= 4 is 23.1 Å². The van der Waals surface area contributed by atoms with Gasteiger partial charge in [0, 0.05) is 28.4 Å². The molecule has 184 valence electrons. The Morgan fingerprint density at radius 2 is 1.78 bits per heavy atom. The SMILES string of the molecule is Cc1ccc(NC(=O)N2Cc3c(sc4c3CCCC4)-n3cccc3[C@H]2c2cc(F)cc(F)c2)cc1F. The Balaban J connectivity index is 1.51. The number of carbonyl (C=O) groups excluding carboxylic acids is 1. The molecule has 0 saturated carbocycles. The molecule has 1 aliphatic carbocycles. The average molecular weight is 508 g/mol. The number of benzene rings is 2. The number of thiophene rings is 1. The molecule has 0 radical (unpaired) electrons. The summed E-state index contributed by atoms with van der Waals surface area (Å²) in [4.78, 5) is 16.7. The van der Waals surface area contributed by atoms with E-state index >= 15 is 0 Å². The van der Waals surface area contributed by atoms with Crippen LogP contribution in [0.25, 0.3) is 5.00 Å². The molecule has 0 spiro atoms. The third-order valence-electron chi connectivity index (χ3n) is 7.06. The van der Waals surface area contributed by atoms with Gasteiger partial charge in [-0.2, -0.15) is 0 Å². The number of aryl methyl sites for hydroxylation is 2. The van der Waals surface area contributed by atoms with Crippen LogP contribution in [-0.4, -0.2) is 15.5 Å². The lowest BCUT2D eigenvalue weighted by atomic mass is 9.95. The zero-order valence-corrected chi connectivity index (χ0v) is 20.5. The topological polar surface area (TPSA) is 37.3 Å². The van der Waals surface area contributed by atoms with Gasteiger partial charge < -0.3 is 14.8 Å². The van der Waals surface area contributed by atoms with Crippen LogP contribution in [0.5, 0.6) is 0 Å². The monoisotopic (exact) mass is 507 g/mol. The predicted molar refractivity (Wildman–Crippen MR) is 134 cm³/mol. The van der Waals surface area contributed by atoms with Crippen molar-refractivity contribution in [3.63, 3.8) is 0 Å². The highest BCUT2D eigenvalue weighted by Crippen LogP contribution is 2.44. The van der Waals surface area contributed by atoms with Crippen LogP contribution in [0.15, 0.2) is 54.7 Å². The van der Waals surface area contributed by atoms with Crippen molar-refractivity contribution in [3.05, 3.63) is 105 Å². The fourth-order valence-electron chi connectivity index (χ4n) is 5.34. The number of nitrogens with zero attached hydrogens (tertiary/aromatic N) is 2. The highest BCUT2D eigenvalue weighted by atomic mass is 32.1. The standard InChI is InChI=1S/C28H24F3N3OS/c1-16-8-9-20(14-23(16)31)32-28(35)34-15-22-21-5-2-3-7-25(21)36-27(22)33-10-4-6-24(33)26(34)17-11-18(29)13-19(30)12-17/h4,6,8-14,26H,2-3,5,7,15H2,1H3,(H,32,35)/t26-/m1/s1. The summed E-state index contributed by atoms with van der Waals surface area (Å²) in [5.74, 6) is -1.84. The number of carbonyl (C=O) groups is 1. The number of anilines is 1. The van der Waals surface area contributed by atoms with Crippen molar-refractivity contribution in [2.75, 3.05) is 5.32 Å². The molecule has 2 aromatic carbocycles. The molecule has 4 aromatic rings. The second-order valence-electron chi connectivity index (χ2n) is 9.42. The van der Waals surface area contributed by atoms with E-state index in [0.29, 0.717) is 16.8 Å². The number of amides is 2. The second-order valence-corrected chi connectivity index (χ2v) is 10.5. The summed E-state index contributed by atoms with van der Waals surface area (Å²) in [6.45, 7) is 1.92. The van der Waals surface area contributed by atoms with Gasteiger partial charge in [0.05, 0.1) is 12.2 Å². The Labute approximate surface area is 211 Å². The highest BCUT2D eigenvalue weighted by Gasteiger charge is 2.36. The Bertz CT molecular complexity index is 1470. The summed E-state index contributed by atoms with van der Waals surface area (Å²) in [5.41, 5.74) is 4.20. The number of nitrogens with one attached hydrogen (secondary N) is 1. The summed E-state index contributed by atoms with van der Waals surface area (Å²) in [5, 5.41) is 3.86. The molecule has 8 heteroatoms. The number of rotatable bonds is 2. The van der Waals surface area contributed by atoms with Crippen LogP contribution < -0.4 is 5.32 Å². The molecule has 4 nitrogen and oxygen atoms in total. The van der Waals surface area contributed by atoms with E-state index in [2.05, 4.69) is 5.32 Å². The molecule has 1 N–H and O–H groups in total. The van der Waals surface area contributed by atoms with Crippen molar-refractivity contribution in [2.45, 2.75) is 45.2 Å². The first kappa shape index (κ1) is 22.9. The van der Waals surface area contributed by atoms with E-state index in [1.165, 1.54) is 28.6 Å². The molecule has 36 heavy (non-hydrogen) atoms. The number of aromatic nitrogens is 1. The van der Waals surface area contributed by atoms with Gasteiger partial charge in [0.2, 0.25) is 0 Å². The lowest BCUT2D eigenvalue weighted by Gasteiger charge is -2.31. The molecular formula is C28H24F3N3OS. The smallest absolute Gasteiger partial charge is 0.310 e. The second kappa shape index (κ2) is 8.85. The van der Waals surface area contributed by atoms with Crippen molar-refractivity contribution in [1.29, 1.82) is 0 Å². The van der Waals surface area contributed by atoms with Crippen LogP contribution in [0.2, 0.25) is 0 Å². The number of hydrogen-bond acceptors (Lipinski definition) is 2. The summed E-state index contributed by atoms with van der Waals surface area (Å²) >= 11 is 1.73. The fraction of sp³-hybridized carbons (Fsp3) is 0.250. The van der Waals surface area contributed by atoms with E-state index in [1.54, 1.807) is 35.3 Å². The van der Waals surface area contributed by atoms with Gasteiger partial charge in [0.25, 0.3) is 0 Å². The van der Waals surface area contributed by atoms with Crippen molar-refractivity contribution in [2.24, 2.45) is 0 Å². The maximum Gasteiger partial charge on any atom is 0.322 e. The zero-order valence-electron chi connectivity index (χ0n) is 19.7. The number of hydrogen-bond donors (Lipinski definition) is 1. The van der Waals surface area contributed by atoms with Crippen LogP contribution in [-0.2, 0) is 19.4 Å². The Morgan fingerprint density at radius 1 is 1.00 bits per heavy atom. The molecule has 2 aliphatic rings. The molecule has 0 saturated heterocycles. The lowest BCUT2D eigenvalue weighted by molar-refractivity contribution is 0.194. The van der Waals surface area contributed by atoms with E-state index in [1.807, 2.05) is 22.9 Å². The average Bonchev–Trinajstić information content (AvgIpc) is 3.42. The number of fused-ring (bicyclic) bond motifs is 5. The van der Waals surface area contributed by atoms with Crippen molar-refractivity contribution in [3.8, 4) is 5.00 Å². The molecule has 1 atom stereocenters. The van der Waals surface area contributed by atoms with E-state index in [0.717, 1.165) is 48.0 Å². The molecular weight excluding hydrogens is 483 g/mol. The molecule has 6 rings (SSSR count). The normalized spacial score (nSPS) is 16.7. The first-order chi connectivity index (χ1) is 17.4. The first-order valence-corrected chi connectivity index (χ1v) is 12.8. The fourth-order valence-corrected chi connectivity index (χ4v) is 6.74. The molecule has 2 amide bonds. The summed E-state index contributed by atoms with van der Waals surface area (Å²) in [6.07, 6.45) is 6.11. The van der Waals surface area contributed by atoms with Crippen LogP contribution in [0.4, 0.5) is 23.7 Å². The predicted octanol–water partition coefficient (Wildman–Crippen LogP) is 7.28. The van der Waals surface area contributed by atoms with E-state index in [4.69, 9.17) is 0 Å². The maximum atomic E-state index is 14.4. The minimum Gasteiger partial charge on any atom is -0.310 e. The van der Waals surface area contributed by atoms with Gasteiger partial charge in [-0.25, -0.2) is 18.0 Å². The van der Waals surface area contributed by atoms with Gasteiger partial charge in [0.15, 0.2) is 0 Å². The molecule has 3 heterocycles. The Morgan fingerprint density at radius 3 is 2.56 bits per heavy atom. The quantitative estimate of drug-likeness (QED) is 0.304. The number of halogens is 3. The number of urea groups is 1. The molecule has 0 fully saturated rings. The maximum absolute atomic E-state index is 14.4. The minimum absolute atomic E-state index is 0.270. The van der Waals surface area contributed by atoms with E-state index in [9.17, 15) is 18.0 Å². The molecule has 1 aliphatic heterocycles. The highest BCUT2D eigenvalue weighted by molar-refractivity contribution is 7.15. The minimum atomic E-state index is -0.751. The summed E-state index contributed by atoms with van der Waals surface area (Å²) < 4.78 is 45.0. The van der Waals surface area contributed by atoms with E-state index < -0.39 is 29.5 Å². The van der Waals surface area contributed by atoms with Gasteiger partial charge in [-0.15, -0.1) is 11.3 Å². The summed E-state index contributed by atoms with van der Waals surface area (Å²) in [7, 11) is 0. The third kappa shape index (κ3) is 3.89. The van der Waals surface area contributed by atoms with E-state index in [-0.39, 0.29) is 6.54 Å². The molecule has 0 unspecified atom stereocenters. The Kier molecular flexibility index (Phi) is 5.63. The largest absolute Gasteiger partial charge is 0.322 e. The van der Waals surface area contributed by atoms with Crippen molar-refractivity contribution < 1.29 is 18.0 Å². The van der Waals surface area contributed by atoms with Gasteiger partial charge in [0.1, 0.15) is 28.5 Å². The zero-order chi connectivity index (χ0) is 25.0. The van der Waals surface area contributed by atoms with Gasteiger partial charge in [-0.3, -0.25) is 0 Å². The Hall–Kier alpha value is -3.52. The lowest BCUT2D eigenvalue weighted by Crippen LogP contribution is -2.38. The summed E-state index contributed by atoms with van der Waals surface area (Å²) in [6, 6.07) is 10.4. The van der Waals surface area contributed by atoms with Crippen LogP contribution >= 0.6 is 11.3 Å². The molecule has 0 bridgehead atoms. The van der Waals surface area contributed by atoms with Gasteiger partial charge in [-0.1, -0.05) is 6.07 Å². The van der Waals surface area contributed by atoms with Crippen molar-refractivity contribution in [1.82, 2.24) is 9.47 Å². The first-order valence-electron chi connectivity index (χ1n) is 12.0.